The van der Waals surface area contributed by atoms with E-state index in [0.29, 0.717) is 5.41 Å². The molecule has 0 aromatic carbocycles. The van der Waals surface area contributed by atoms with Gasteiger partial charge >= 0.3 is 0 Å². The van der Waals surface area contributed by atoms with Gasteiger partial charge in [0, 0.05) is 26.1 Å². The van der Waals surface area contributed by atoms with Gasteiger partial charge in [0.15, 0.2) is 0 Å². The van der Waals surface area contributed by atoms with Gasteiger partial charge < -0.3 is 4.90 Å². The first-order valence-corrected chi connectivity index (χ1v) is 4.51. The molecule has 0 aromatic rings. The average molecular weight is 168 g/mol. The normalized spacial score (nSPS) is 29.8. The van der Waals surface area contributed by atoms with Gasteiger partial charge in [-0.15, -0.1) is 0 Å². The van der Waals surface area contributed by atoms with Gasteiger partial charge in [0.25, 0.3) is 0 Å². The molecule has 0 atom stereocenters. The van der Waals surface area contributed by atoms with Crippen LogP contribution in [0.3, 0.4) is 0 Å². The zero-order valence-corrected chi connectivity index (χ0v) is 9.10. The van der Waals surface area contributed by atoms with Gasteiger partial charge in [0.2, 0.25) is 0 Å². The van der Waals surface area contributed by atoms with Gasteiger partial charge in [-0.05, 0) is 5.41 Å². The van der Waals surface area contributed by atoms with Crippen molar-refractivity contribution in [1.29, 1.82) is 0 Å². The Morgan fingerprint density at radius 2 is 1.75 bits per heavy atom. The molecule has 0 spiro atoms. The predicted octanol–water partition coefficient (Wildman–Crippen LogP) is 2.01. The van der Waals surface area contributed by atoms with E-state index in [9.17, 15) is 0 Å². The quantitative estimate of drug-likeness (QED) is 0.540. The van der Waals surface area contributed by atoms with Crippen LogP contribution in [-0.2, 0) is 0 Å². The van der Waals surface area contributed by atoms with Crippen LogP contribution in [0.25, 0.3) is 0 Å². The van der Waals surface area contributed by atoms with Crippen molar-refractivity contribution in [3.05, 3.63) is 0 Å². The monoisotopic (exact) mass is 168 g/mol. The molecule has 1 saturated heterocycles. The fourth-order valence-corrected chi connectivity index (χ4v) is 2.10. The number of likely N-dealkylation sites (tertiary alicyclic amines) is 1. The Bertz CT molecular complexity index is 214. The van der Waals surface area contributed by atoms with Crippen LogP contribution >= 0.6 is 0 Å². The molecule has 1 rings (SSSR count). The topological polar surface area (TPSA) is 15.6 Å². The lowest BCUT2D eigenvalue weighted by Gasteiger charge is -2.32. The van der Waals surface area contributed by atoms with E-state index in [2.05, 4.69) is 44.6 Å². The Labute approximate surface area is 75.7 Å². The van der Waals surface area contributed by atoms with E-state index < -0.39 is 0 Å². The van der Waals surface area contributed by atoms with Crippen LogP contribution in [0.1, 0.15) is 27.7 Å². The summed E-state index contributed by atoms with van der Waals surface area (Å²) >= 11 is 0. The minimum atomic E-state index is 0.205. The Morgan fingerprint density at radius 3 is 1.92 bits per heavy atom. The molecule has 0 aliphatic carbocycles. The smallest absolute Gasteiger partial charge is 0.105 e. The summed E-state index contributed by atoms with van der Waals surface area (Å²) in [7, 11) is 4.01. The van der Waals surface area contributed by atoms with Gasteiger partial charge in [0.05, 0.1) is 0 Å². The molecule has 12 heavy (non-hydrogen) atoms. The molecule has 1 fully saturated rings. The molecular formula is C10H20N2. The Morgan fingerprint density at radius 1 is 1.25 bits per heavy atom. The standard InChI is InChI=1S/C10H20N2/c1-9(2)7-12(6)8(11-5)10(9,3)4/h7H2,1-6H3. The fourth-order valence-electron chi connectivity index (χ4n) is 2.10. The molecule has 0 amide bonds. The van der Waals surface area contributed by atoms with Crippen molar-refractivity contribution in [2.75, 3.05) is 20.6 Å². The fraction of sp³-hybridized carbons (Fsp3) is 0.900. The van der Waals surface area contributed by atoms with Crippen molar-refractivity contribution in [2.45, 2.75) is 27.7 Å². The molecule has 70 valence electrons. The average Bonchev–Trinajstić information content (AvgIpc) is 1.99. The van der Waals surface area contributed by atoms with Crippen molar-refractivity contribution in [3.8, 4) is 0 Å². The number of amidine groups is 1. The highest BCUT2D eigenvalue weighted by Gasteiger charge is 2.48. The number of nitrogens with zero attached hydrogens (tertiary/aromatic N) is 2. The first-order valence-electron chi connectivity index (χ1n) is 4.51. The second-order valence-electron chi connectivity index (χ2n) is 4.91. The highest BCUT2D eigenvalue weighted by molar-refractivity contribution is 5.90. The Kier molecular flexibility index (Phi) is 1.97. The lowest BCUT2D eigenvalue weighted by Crippen LogP contribution is -2.34. The molecule has 1 heterocycles. The number of rotatable bonds is 0. The second-order valence-corrected chi connectivity index (χ2v) is 4.91. The lowest BCUT2D eigenvalue weighted by molar-refractivity contribution is 0.213. The molecule has 2 heteroatoms. The van der Waals surface area contributed by atoms with E-state index in [-0.39, 0.29) is 5.41 Å². The summed E-state index contributed by atoms with van der Waals surface area (Å²) in [6, 6.07) is 0. The number of hydrogen-bond donors (Lipinski definition) is 0. The van der Waals surface area contributed by atoms with Gasteiger partial charge in [-0.25, -0.2) is 0 Å². The maximum atomic E-state index is 4.36. The van der Waals surface area contributed by atoms with E-state index in [1.165, 1.54) is 5.84 Å². The summed E-state index contributed by atoms with van der Waals surface area (Å²) in [6.07, 6.45) is 0. The summed E-state index contributed by atoms with van der Waals surface area (Å²) in [5, 5.41) is 0. The van der Waals surface area contributed by atoms with Crippen molar-refractivity contribution >= 4 is 5.84 Å². The van der Waals surface area contributed by atoms with Crippen molar-refractivity contribution < 1.29 is 0 Å². The molecular weight excluding hydrogens is 148 g/mol. The molecule has 0 N–H and O–H groups in total. The molecule has 0 aromatic heterocycles. The molecule has 0 unspecified atom stereocenters. The third kappa shape index (κ3) is 1.05. The number of aliphatic imine (C=N–C) groups is 1. The molecule has 0 radical (unpaired) electrons. The maximum absolute atomic E-state index is 4.36. The van der Waals surface area contributed by atoms with Gasteiger partial charge in [0.1, 0.15) is 5.84 Å². The number of hydrogen-bond acceptors (Lipinski definition) is 1. The van der Waals surface area contributed by atoms with Crippen LogP contribution in [0.4, 0.5) is 0 Å². The minimum Gasteiger partial charge on any atom is -0.362 e. The molecule has 1 aliphatic rings. The summed E-state index contributed by atoms with van der Waals surface area (Å²) in [5.41, 5.74) is 0.535. The van der Waals surface area contributed by atoms with Crippen LogP contribution in [0.2, 0.25) is 0 Å². The predicted molar refractivity (Wildman–Crippen MR) is 53.6 cm³/mol. The molecule has 1 aliphatic heterocycles. The van der Waals surface area contributed by atoms with Crippen LogP contribution in [0, 0.1) is 10.8 Å². The van der Waals surface area contributed by atoms with Gasteiger partial charge in [-0.3, -0.25) is 4.99 Å². The van der Waals surface area contributed by atoms with E-state index in [0.717, 1.165) is 6.54 Å². The lowest BCUT2D eigenvalue weighted by atomic mass is 9.70. The minimum absolute atomic E-state index is 0.205. The van der Waals surface area contributed by atoms with Crippen molar-refractivity contribution in [1.82, 2.24) is 4.90 Å². The van der Waals surface area contributed by atoms with Crippen LogP contribution in [0.5, 0.6) is 0 Å². The van der Waals surface area contributed by atoms with E-state index in [4.69, 9.17) is 0 Å². The van der Waals surface area contributed by atoms with E-state index in [1.54, 1.807) is 0 Å². The molecule has 0 saturated carbocycles. The van der Waals surface area contributed by atoms with Gasteiger partial charge in [-0.2, -0.15) is 0 Å². The van der Waals surface area contributed by atoms with Crippen LogP contribution < -0.4 is 0 Å². The van der Waals surface area contributed by atoms with Gasteiger partial charge in [-0.1, -0.05) is 27.7 Å². The van der Waals surface area contributed by atoms with Crippen LogP contribution in [-0.4, -0.2) is 31.4 Å². The van der Waals surface area contributed by atoms with E-state index in [1.807, 2.05) is 7.05 Å². The Hall–Kier alpha value is -0.530. The molecule has 2 nitrogen and oxygen atoms in total. The summed E-state index contributed by atoms with van der Waals surface area (Å²) < 4.78 is 0. The summed E-state index contributed by atoms with van der Waals surface area (Å²) in [5.74, 6) is 1.23. The van der Waals surface area contributed by atoms with Crippen molar-refractivity contribution in [2.24, 2.45) is 15.8 Å². The largest absolute Gasteiger partial charge is 0.362 e. The highest BCUT2D eigenvalue weighted by atomic mass is 15.2. The van der Waals surface area contributed by atoms with Crippen molar-refractivity contribution in [3.63, 3.8) is 0 Å². The summed E-state index contributed by atoms with van der Waals surface area (Å²) in [6.45, 7) is 10.3. The second kappa shape index (κ2) is 2.48. The third-order valence-electron chi connectivity index (χ3n) is 3.46. The Balaban J connectivity index is 3.09. The maximum Gasteiger partial charge on any atom is 0.105 e. The first-order chi connectivity index (χ1) is 5.33. The zero-order chi connectivity index (χ0) is 9.57. The van der Waals surface area contributed by atoms with E-state index >= 15 is 0 Å². The molecule has 0 bridgehead atoms. The summed E-state index contributed by atoms with van der Waals surface area (Å²) in [4.78, 5) is 6.62. The first kappa shape index (κ1) is 9.56. The SMILES string of the molecule is CN=C1N(C)CC(C)(C)C1(C)C. The highest BCUT2D eigenvalue weighted by Crippen LogP contribution is 2.46. The zero-order valence-electron chi connectivity index (χ0n) is 9.10. The third-order valence-corrected chi connectivity index (χ3v) is 3.46. The van der Waals surface area contributed by atoms with Crippen LogP contribution in [0.15, 0.2) is 4.99 Å².